The molecule has 2 aromatic rings. The summed E-state index contributed by atoms with van der Waals surface area (Å²) in [5.74, 6) is 3.05. The first-order chi connectivity index (χ1) is 13.1. The first-order valence-corrected chi connectivity index (χ1v) is 9.73. The third kappa shape index (κ3) is 2.56. The van der Waals surface area contributed by atoms with Crippen molar-refractivity contribution < 1.29 is 19.3 Å². The molecule has 5 rings (SSSR count). The predicted octanol–water partition coefficient (Wildman–Crippen LogP) is 4.09. The van der Waals surface area contributed by atoms with E-state index in [1.165, 1.54) is 18.4 Å². The Labute approximate surface area is 159 Å². The molecule has 3 atom stereocenters. The fourth-order valence-electron chi connectivity index (χ4n) is 4.83. The van der Waals surface area contributed by atoms with Crippen LogP contribution in [0.5, 0.6) is 23.0 Å². The van der Waals surface area contributed by atoms with Crippen LogP contribution in [-0.4, -0.2) is 35.6 Å². The monoisotopic (exact) mass is 367 g/mol. The minimum absolute atomic E-state index is 0.148. The minimum Gasteiger partial charge on any atom is -0.508 e. The van der Waals surface area contributed by atoms with Crippen LogP contribution in [0.1, 0.15) is 43.7 Å². The molecule has 1 N–H and O–H groups in total. The highest BCUT2D eigenvalue weighted by Crippen LogP contribution is 2.53. The van der Waals surface area contributed by atoms with Crippen LogP contribution in [0.3, 0.4) is 0 Å². The van der Waals surface area contributed by atoms with Gasteiger partial charge in [-0.15, -0.1) is 0 Å². The lowest BCUT2D eigenvalue weighted by Crippen LogP contribution is -2.57. The molecule has 142 valence electrons. The summed E-state index contributed by atoms with van der Waals surface area (Å²) >= 11 is 0. The highest BCUT2D eigenvalue weighted by molar-refractivity contribution is 5.56. The van der Waals surface area contributed by atoms with E-state index in [9.17, 15) is 5.11 Å². The topological polar surface area (TPSA) is 51.2 Å². The highest BCUT2D eigenvalue weighted by atomic mass is 16.7. The Bertz CT molecular complexity index is 859. The van der Waals surface area contributed by atoms with E-state index in [0.29, 0.717) is 0 Å². The number of phenolic OH excluding ortho intramolecular Hbond substituents is 1. The summed E-state index contributed by atoms with van der Waals surface area (Å²) in [6, 6.07) is 11.6. The van der Waals surface area contributed by atoms with Gasteiger partial charge >= 0.3 is 0 Å². The van der Waals surface area contributed by atoms with Gasteiger partial charge in [0, 0.05) is 36.6 Å². The van der Waals surface area contributed by atoms with Gasteiger partial charge in [-0.25, -0.2) is 0 Å². The molecule has 0 amide bonds. The maximum Gasteiger partial charge on any atom is 0.231 e. The van der Waals surface area contributed by atoms with E-state index in [-0.39, 0.29) is 30.1 Å². The van der Waals surface area contributed by atoms with E-state index in [1.54, 1.807) is 12.1 Å². The number of likely N-dealkylation sites (tertiary alicyclic amines) is 1. The smallest absolute Gasteiger partial charge is 0.231 e. The van der Waals surface area contributed by atoms with Crippen LogP contribution < -0.4 is 14.2 Å². The van der Waals surface area contributed by atoms with E-state index in [4.69, 9.17) is 14.2 Å². The number of nitrogens with zero attached hydrogens (tertiary/aromatic N) is 1. The van der Waals surface area contributed by atoms with Gasteiger partial charge in [0.25, 0.3) is 0 Å². The normalized spacial score (nSPS) is 29.4. The second kappa shape index (κ2) is 6.06. The van der Waals surface area contributed by atoms with E-state index >= 15 is 0 Å². The Balaban J connectivity index is 1.66. The molecule has 3 aliphatic heterocycles. The fourth-order valence-corrected chi connectivity index (χ4v) is 4.83. The number of benzene rings is 2. The molecule has 0 radical (unpaired) electrons. The van der Waals surface area contributed by atoms with Crippen molar-refractivity contribution in [1.29, 1.82) is 0 Å². The minimum atomic E-state index is -0.389. The Hall–Kier alpha value is -2.40. The molecule has 3 unspecified atom stereocenters. The van der Waals surface area contributed by atoms with E-state index in [2.05, 4.69) is 24.8 Å². The molecule has 5 nitrogen and oxygen atoms in total. The number of aromatic hydroxyl groups is 1. The van der Waals surface area contributed by atoms with Crippen LogP contribution in [-0.2, 0) is 0 Å². The van der Waals surface area contributed by atoms with E-state index in [0.717, 1.165) is 35.9 Å². The summed E-state index contributed by atoms with van der Waals surface area (Å²) in [6.45, 7) is 6.85. The van der Waals surface area contributed by atoms with Crippen LogP contribution in [0, 0.1) is 5.92 Å². The number of ether oxygens (including phenoxy) is 3. The van der Waals surface area contributed by atoms with Crippen molar-refractivity contribution in [3.63, 3.8) is 0 Å². The summed E-state index contributed by atoms with van der Waals surface area (Å²) in [4.78, 5) is 2.47. The van der Waals surface area contributed by atoms with Crippen LogP contribution >= 0.6 is 0 Å². The van der Waals surface area contributed by atoms with Gasteiger partial charge in [0.15, 0.2) is 17.2 Å². The third-order valence-electron chi connectivity index (χ3n) is 6.49. The Morgan fingerprint density at radius 2 is 1.67 bits per heavy atom. The molecular weight excluding hydrogens is 342 g/mol. The molecule has 3 aliphatic rings. The number of rotatable bonds is 2. The number of hydrogen-bond acceptors (Lipinski definition) is 5. The molecular formula is C22H25NO4. The van der Waals surface area contributed by atoms with Crippen LogP contribution in [0.25, 0.3) is 0 Å². The van der Waals surface area contributed by atoms with Crippen molar-refractivity contribution in [2.45, 2.75) is 38.3 Å². The average molecular weight is 367 g/mol. The van der Waals surface area contributed by atoms with Gasteiger partial charge in [0.05, 0.1) is 0 Å². The Morgan fingerprint density at radius 3 is 2.37 bits per heavy atom. The maximum absolute atomic E-state index is 9.75. The van der Waals surface area contributed by atoms with Crippen molar-refractivity contribution in [3.8, 4) is 23.0 Å². The van der Waals surface area contributed by atoms with Gasteiger partial charge < -0.3 is 19.3 Å². The number of phenols is 1. The fraction of sp³-hybridized carbons (Fsp3) is 0.455. The second-order valence-electron chi connectivity index (χ2n) is 7.95. The summed E-state index contributed by atoms with van der Waals surface area (Å²) in [5.41, 5.74) is 1.91. The quantitative estimate of drug-likeness (QED) is 0.866. The summed E-state index contributed by atoms with van der Waals surface area (Å²) in [7, 11) is 0. The van der Waals surface area contributed by atoms with Gasteiger partial charge in [-0.1, -0.05) is 19.1 Å². The SMILES string of the molecule is CC1C(c2ccc(O)cc2)c2cc3c(cc2OC1(C)N1CCCC1)OCO3. The van der Waals surface area contributed by atoms with Crippen molar-refractivity contribution in [3.05, 3.63) is 47.5 Å². The molecule has 1 fully saturated rings. The molecule has 0 aromatic heterocycles. The van der Waals surface area contributed by atoms with E-state index in [1.807, 2.05) is 18.2 Å². The predicted molar refractivity (Wildman–Crippen MR) is 102 cm³/mol. The Kier molecular flexibility index (Phi) is 3.76. The molecule has 2 aromatic carbocycles. The van der Waals surface area contributed by atoms with Crippen molar-refractivity contribution in [1.82, 2.24) is 4.90 Å². The van der Waals surface area contributed by atoms with E-state index < -0.39 is 0 Å². The number of hydrogen-bond donors (Lipinski definition) is 1. The molecule has 3 heterocycles. The second-order valence-corrected chi connectivity index (χ2v) is 7.95. The lowest BCUT2D eigenvalue weighted by Gasteiger charge is -2.50. The van der Waals surface area contributed by atoms with Crippen molar-refractivity contribution in [2.24, 2.45) is 5.92 Å². The summed E-state index contributed by atoms with van der Waals surface area (Å²) < 4.78 is 17.9. The summed E-state index contributed by atoms with van der Waals surface area (Å²) in [6.07, 6.45) is 2.42. The molecule has 27 heavy (non-hydrogen) atoms. The molecule has 0 spiro atoms. The standard InChI is InChI=1S/C22H25NO4/c1-14-21(15-5-7-16(24)8-6-15)17-11-19-20(26-13-25-19)12-18(17)27-22(14,2)23-9-3-4-10-23/h5-8,11-12,14,21,24H,3-4,9-10,13H2,1-2H3. The largest absolute Gasteiger partial charge is 0.508 e. The highest BCUT2D eigenvalue weighted by Gasteiger charge is 2.49. The zero-order chi connectivity index (χ0) is 18.6. The molecule has 5 heteroatoms. The zero-order valence-corrected chi connectivity index (χ0v) is 15.8. The molecule has 0 aliphatic carbocycles. The first kappa shape index (κ1) is 16.8. The van der Waals surface area contributed by atoms with Gasteiger partial charge in [0.1, 0.15) is 11.5 Å². The maximum atomic E-state index is 9.75. The van der Waals surface area contributed by atoms with Crippen LogP contribution in [0.15, 0.2) is 36.4 Å². The van der Waals surface area contributed by atoms with Crippen LogP contribution in [0.4, 0.5) is 0 Å². The van der Waals surface area contributed by atoms with Gasteiger partial charge in [-0.3, -0.25) is 4.90 Å². The van der Waals surface area contributed by atoms with Gasteiger partial charge in [0.2, 0.25) is 6.79 Å². The van der Waals surface area contributed by atoms with Crippen LogP contribution in [0.2, 0.25) is 0 Å². The zero-order valence-electron chi connectivity index (χ0n) is 15.8. The molecule has 0 saturated carbocycles. The average Bonchev–Trinajstić information content (AvgIpc) is 3.34. The summed E-state index contributed by atoms with van der Waals surface area (Å²) in [5, 5.41) is 9.75. The number of fused-ring (bicyclic) bond motifs is 2. The molecule has 1 saturated heterocycles. The molecule has 0 bridgehead atoms. The van der Waals surface area contributed by atoms with Gasteiger partial charge in [-0.05, 0) is 43.5 Å². The van der Waals surface area contributed by atoms with Gasteiger partial charge in [-0.2, -0.15) is 0 Å². The first-order valence-electron chi connectivity index (χ1n) is 9.73. The third-order valence-corrected chi connectivity index (χ3v) is 6.49. The van der Waals surface area contributed by atoms with Crippen molar-refractivity contribution >= 4 is 0 Å². The van der Waals surface area contributed by atoms with Crippen molar-refractivity contribution in [2.75, 3.05) is 19.9 Å². The Morgan fingerprint density at radius 1 is 1.00 bits per heavy atom. The lowest BCUT2D eigenvalue weighted by atomic mass is 9.74. The lowest BCUT2D eigenvalue weighted by molar-refractivity contribution is -0.114.